The summed E-state index contributed by atoms with van der Waals surface area (Å²) >= 11 is 1.40. The first-order valence-electron chi connectivity index (χ1n) is 5.94. The van der Waals surface area contributed by atoms with Crippen LogP contribution in [0.2, 0.25) is 0 Å². The van der Waals surface area contributed by atoms with Gasteiger partial charge in [-0.05, 0) is 31.2 Å². The fourth-order valence-electron chi connectivity index (χ4n) is 1.39. The zero-order chi connectivity index (χ0) is 14.3. The second-order valence-electron chi connectivity index (χ2n) is 3.98. The number of thioether (sulfide) groups is 1. The molecular weight excluding hydrogens is 264 g/mol. The van der Waals surface area contributed by atoms with Crippen LogP contribution in [0, 0.1) is 0 Å². The van der Waals surface area contributed by atoms with E-state index in [1.807, 2.05) is 0 Å². The molecule has 0 aromatic heterocycles. The Morgan fingerprint density at radius 2 is 1.74 bits per heavy atom. The molecule has 104 valence electrons. The van der Waals surface area contributed by atoms with Crippen LogP contribution in [-0.4, -0.2) is 34.5 Å². The lowest BCUT2D eigenvalue weighted by molar-refractivity contribution is -0.115. The van der Waals surface area contributed by atoms with Gasteiger partial charge in [-0.15, -0.1) is 11.8 Å². The zero-order valence-electron chi connectivity index (χ0n) is 11.0. The maximum atomic E-state index is 11.8. The van der Waals surface area contributed by atoms with Crippen LogP contribution in [0.4, 0.5) is 11.4 Å². The Morgan fingerprint density at radius 1 is 1.21 bits per heavy atom. The van der Waals surface area contributed by atoms with Gasteiger partial charge in [-0.3, -0.25) is 9.59 Å². The smallest absolute Gasteiger partial charge is 0.237 e. The summed E-state index contributed by atoms with van der Waals surface area (Å²) in [6.07, 6.45) is 0. The average molecular weight is 282 g/mol. The molecule has 1 atom stereocenters. The third-order valence-electron chi connectivity index (χ3n) is 2.30. The molecule has 1 aromatic carbocycles. The van der Waals surface area contributed by atoms with Gasteiger partial charge < -0.3 is 15.7 Å². The van der Waals surface area contributed by atoms with Crippen molar-refractivity contribution in [2.75, 3.05) is 23.0 Å². The normalized spacial score (nSPS) is 11.7. The Balaban J connectivity index is 2.52. The van der Waals surface area contributed by atoms with Crippen molar-refractivity contribution in [3.05, 3.63) is 24.3 Å². The summed E-state index contributed by atoms with van der Waals surface area (Å²) in [5, 5.41) is 13.9. The molecule has 1 aromatic rings. The second-order valence-corrected chi connectivity index (χ2v) is 5.43. The van der Waals surface area contributed by atoms with Crippen molar-refractivity contribution in [2.24, 2.45) is 0 Å². The Labute approximate surface area is 116 Å². The van der Waals surface area contributed by atoms with Crippen LogP contribution in [0.5, 0.6) is 0 Å². The number of aliphatic hydroxyl groups excluding tert-OH is 1. The first-order chi connectivity index (χ1) is 9.02. The first-order valence-corrected chi connectivity index (χ1v) is 6.99. The Hall–Kier alpha value is -1.53. The number of amides is 2. The highest BCUT2D eigenvalue weighted by Gasteiger charge is 2.12. The van der Waals surface area contributed by atoms with E-state index in [1.54, 1.807) is 31.2 Å². The molecule has 3 N–H and O–H groups in total. The van der Waals surface area contributed by atoms with Crippen LogP contribution >= 0.6 is 11.8 Å². The van der Waals surface area contributed by atoms with Crippen molar-refractivity contribution in [1.82, 2.24) is 0 Å². The van der Waals surface area contributed by atoms with Gasteiger partial charge in [0.05, 0.1) is 11.9 Å². The summed E-state index contributed by atoms with van der Waals surface area (Å²) in [7, 11) is 0. The summed E-state index contributed by atoms with van der Waals surface area (Å²) in [5.41, 5.74) is 1.36. The van der Waals surface area contributed by atoms with Crippen molar-refractivity contribution < 1.29 is 14.7 Å². The largest absolute Gasteiger partial charge is 0.396 e. The molecule has 0 fully saturated rings. The highest BCUT2D eigenvalue weighted by molar-refractivity contribution is 8.00. The van der Waals surface area contributed by atoms with E-state index in [2.05, 4.69) is 10.6 Å². The topological polar surface area (TPSA) is 78.4 Å². The third-order valence-corrected chi connectivity index (χ3v) is 3.43. The molecule has 0 unspecified atom stereocenters. The number of anilines is 2. The quantitative estimate of drug-likeness (QED) is 0.742. The van der Waals surface area contributed by atoms with Gasteiger partial charge in [0.1, 0.15) is 0 Å². The van der Waals surface area contributed by atoms with Gasteiger partial charge in [0.2, 0.25) is 11.8 Å². The van der Waals surface area contributed by atoms with E-state index in [9.17, 15) is 9.59 Å². The van der Waals surface area contributed by atoms with E-state index in [0.29, 0.717) is 17.1 Å². The summed E-state index contributed by atoms with van der Waals surface area (Å²) in [5.74, 6) is 0.298. The summed E-state index contributed by atoms with van der Waals surface area (Å²) in [6, 6.07) is 6.91. The highest BCUT2D eigenvalue weighted by Crippen LogP contribution is 2.16. The number of benzene rings is 1. The highest BCUT2D eigenvalue weighted by atomic mass is 32.2. The zero-order valence-corrected chi connectivity index (χ0v) is 11.8. The Morgan fingerprint density at radius 3 is 2.21 bits per heavy atom. The van der Waals surface area contributed by atoms with Gasteiger partial charge in [-0.2, -0.15) is 0 Å². The Bertz CT molecular complexity index is 434. The van der Waals surface area contributed by atoms with Crippen LogP contribution < -0.4 is 10.6 Å². The number of carbonyl (C=O) groups is 2. The van der Waals surface area contributed by atoms with E-state index in [4.69, 9.17) is 5.11 Å². The number of aliphatic hydroxyl groups is 1. The average Bonchev–Trinajstić information content (AvgIpc) is 2.37. The lowest BCUT2D eigenvalue weighted by atomic mass is 10.2. The van der Waals surface area contributed by atoms with Gasteiger partial charge in [0, 0.05) is 24.1 Å². The molecule has 0 bridgehead atoms. The summed E-state index contributed by atoms with van der Waals surface area (Å²) in [4.78, 5) is 22.7. The van der Waals surface area contributed by atoms with Gasteiger partial charge in [-0.1, -0.05) is 0 Å². The molecule has 5 nitrogen and oxygen atoms in total. The molecule has 1 rings (SSSR count). The van der Waals surface area contributed by atoms with E-state index in [0.717, 1.165) is 0 Å². The predicted molar refractivity (Wildman–Crippen MR) is 78.4 cm³/mol. The van der Waals surface area contributed by atoms with E-state index in [1.165, 1.54) is 18.7 Å². The van der Waals surface area contributed by atoms with E-state index >= 15 is 0 Å². The lowest BCUT2D eigenvalue weighted by Gasteiger charge is -2.11. The molecule has 0 spiro atoms. The van der Waals surface area contributed by atoms with Crippen LogP contribution in [0.15, 0.2) is 24.3 Å². The fraction of sp³-hybridized carbons (Fsp3) is 0.385. The maximum Gasteiger partial charge on any atom is 0.237 e. The molecule has 0 radical (unpaired) electrons. The molecule has 2 amide bonds. The minimum Gasteiger partial charge on any atom is -0.396 e. The molecule has 0 aliphatic carbocycles. The summed E-state index contributed by atoms with van der Waals surface area (Å²) in [6.45, 7) is 3.30. The molecular formula is C13H18N2O3S. The van der Waals surface area contributed by atoms with Crippen LogP contribution in [-0.2, 0) is 9.59 Å². The van der Waals surface area contributed by atoms with Gasteiger partial charge in [0.15, 0.2) is 0 Å². The minimum absolute atomic E-state index is 0.0632. The standard InChI is InChI=1S/C13H18N2O3S/c1-9(19-8-7-16)13(18)15-12-5-3-11(4-6-12)14-10(2)17/h3-6,9,16H,7-8H2,1-2H3,(H,14,17)(H,15,18)/t9-/m1/s1. The fourth-order valence-corrected chi connectivity index (χ4v) is 2.06. The van der Waals surface area contributed by atoms with Crippen molar-refractivity contribution >= 4 is 35.0 Å². The number of hydrogen-bond donors (Lipinski definition) is 3. The second kappa shape index (κ2) is 7.81. The molecule has 6 heteroatoms. The molecule has 0 heterocycles. The first kappa shape index (κ1) is 15.5. The van der Waals surface area contributed by atoms with Crippen molar-refractivity contribution in [3.63, 3.8) is 0 Å². The van der Waals surface area contributed by atoms with Crippen molar-refractivity contribution in [1.29, 1.82) is 0 Å². The number of carbonyl (C=O) groups excluding carboxylic acids is 2. The van der Waals surface area contributed by atoms with Crippen LogP contribution in [0.3, 0.4) is 0 Å². The monoisotopic (exact) mass is 282 g/mol. The number of nitrogens with one attached hydrogen (secondary N) is 2. The molecule has 0 aliphatic rings. The van der Waals surface area contributed by atoms with Gasteiger partial charge in [0.25, 0.3) is 0 Å². The van der Waals surface area contributed by atoms with E-state index < -0.39 is 0 Å². The summed E-state index contributed by atoms with van der Waals surface area (Å²) < 4.78 is 0. The van der Waals surface area contributed by atoms with Crippen molar-refractivity contribution in [3.8, 4) is 0 Å². The molecule has 0 saturated heterocycles. The van der Waals surface area contributed by atoms with Gasteiger partial charge >= 0.3 is 0 Å². The Kier molecular flexibility index (Phi) is 6.38. The number of rotatable bonds is 6. The van der Waals surface area contributed by atoms with Crippen LogP contribution in [0.25, 0.3) is 0 Å². The predicted octanol–water partition coefficient (Wildman–Crippen LogP) is 1.70. The lowest BCUT2D eigenvalue weighted by Crippen LogP contribution is -2.23. The van der Waals surface area contributed by atoms with E-state index in [-0.39, 0.29) is 23.7 Å². The maximum absolute atomic E-state index is 11.8. The van der Waals surface area contributed by atoms with Crippen LogP contribution in [0.1, 0.15) is 13.8 Å². The van der Waals surface area contributed by atoms with Gasteiger partial charge in [-0.25, -0.2) is 0 Å². The molecule has 19 heavy (non-hydrogen) atoms. The SMILES string of the molecule is CC(=O)Nc1ccc(NC(=O)[C@@H](C)SCCO)cc1. The van der Waals surface area contributed by atoms with Crippen molar-refractivity contribution in [2.45, 2.75) is 19.1 Å². The minimum atomic E-state index is -0.220. The third kappa shape index (κ3) is 5.76. The molecule has 0 aliphatic heterocycles. The molecule has 0 saturated carbocycles. The number of hydrogen-bond acceptors (Lipinski definition) is 4.